The molecule has 9 heteroatoms. The van der Waals surface area contributed by atoms with Crippen LogP contribution in [0.2, 0.25) is 0 Å². The van der Waals surface area contributed by atoms with E-state index in [-0.39, 0.29) is 11.9 Å². The van der Waals surface area contributed by atoms with E-state index < -0.39 is 5.60 Å². The standard InChI is InChI=1S/C24H25N5O4/c1-24(2)23(30)28-16-11-14(5-7-18(16)33-24)17-13-29-10-9-25-22(29)21(27-17)26-15-6-8-19(31-3)20(12-15)32-4/h5-12,17H,13H2,1-4H3,(H,26,27)(H,28,30). The van der Waals surface area contributed by atoms with Crippen molar-refractivity contribution >= 4 is 23.1 Å². The van der Waals surface area contributed by atoms with Gasteiger partial charge in [0.1, 0.15) is 5.75 Å². The first-order valence-electron chi connectivity index (χ1n) is 10.6. The van der Waals surface area contributed by atoms with Gasteiger partial charge in [0.2, 0.25) is 0 Å². The number of nitrogens with zero attached hydrogens (tertiary/aromatic N) is 3. The fourth-order valence-electron chi connectivity index (χ4n) is 3.97. The first-order valence-corrected chi connectivity index (χ1v) is 10.6. The van der Waals surface area contributed by atoms with Gasteiger partial charge in [-0.3, -0.25) is 9.79 Å². The van der Waals surface area contributed by atoms with E-state index in [0.717, 1.165) is 17.1 Å². The summed E-state index contributed by atoms with van der Waals surface area (Å²) in [6.07, 6.45) is 3.69. The van der Waals surface area contributed by atoms with Crippen molar-refractivity contribution in [3.05, 3.63) is 60.2 Å². The molecule has 0 fully saturated rings. The average Bonchev–Trinajstić information content (AvgIpc) is 3.28. The Kier molecular flexibility index (Phi) is 4.96. The number of amides is 1. The predicted molar refractivity (Wildman–Crippen MR) is 124 cm³/mol. The number of rotatable bonds is 4. The minimum absolute atomic E-state index is 0.174. The lowest BCUT2D eigenvalue weighted by atomic mass is 10.0. The Morgan fingerprint density at radius 2 is 1.97 bits per heavy atom. The minimum Gasteiger partial charge on any atom is -0.493 e. The maximum absolute atomic E-state index is 12.3. The van der Waals surface area contributed by atoms with E-state index >= 15 is 0 Å². The molecule has 1 amide bonds. The van der Waals surface area contributed by atoms with Crippen LogP contribution in [0.1, 0.15) is 31.3 Å². The summed E-state index contributed by atoms with van der Waals surface area (Å²) in [6.45, 7) is 4.13. The zero-order chi connectivity index (χ0) is 23.2. The third-order valence-electron chi connectivity index (χ3n) is 5.78. The van der Waals surface area contributed by atoms with Crippen LogP contribution in [-0.4, -0.2) is 41.1 Å². The Labute approximate surface area is 191 Å². The number of hydrogen-bond acceptors (Lipinski definition) is 7. The second-order valence-corrected chi connectivity index (χ2v) is 8.41. The van der Waals surface area contributed by atoms with Crippen molar-refractivity contribution in [1.82, 2.24) is 9.55 Å². The molecule has 0 aliphatic carbocycles. The lowest BCUT2D eigenvalue weighted by Crippen LogP contribution is -2.45. The number of methoxy groups -OCH3 is 2. The molecule has 0 radical (unpaired) electrons. The van der Waals surface area contributed by atoms with Crippen LogP contribution < -0.4 is 24.8 Å². The van der Waals surface area contributed by atoms with Gasteiger partial charge in [0.05, 0.1) is 32.5 Å². The number of carbonyl (C=O) groups is 1. The molecule has 0 saturated carbocycles. The van der Waals surface area contributed by atoms with Crippen molar-refractivity contribution in [2.75, 3.05) is 24.9 Å². The van der Waals surface area contributed by atoms with Crippen molar-refractivity contribution in [3.63, 3.8) is 0 Å². The van der Waals surface area contributed by atoms with Crippen LogP contribution in [0.5, 0.6) is 17.2 Å². The van der Waals surface area contributed by atoms with E-state index in [1.54, 1.807) is 34.3 Å². The van der Waals surface area contributed by atoms with Crippen molar-refractivity contribution in [1.29, 1.82) is 0 Å². The summed E-state index contributed by atoms with van der Waals surface area (Å²) < 4.78 is 18.7. The smallest absolute Gasteiger partial charge is 0.268 e. The van der Waals surface area contributed by atoms with Crippen molar-refractivity contribution < 1.29 is 19.0 Å². The highest BCUT2D eigenvalue weighted by atomic mass is 16.5. The van der Waals surface area contributed by atoms with Crippen LogP contribution in [0.25, 0.3) is 0 Å². The summed E-state index contributed by atoms with van der Waals surface area (Å²) >= 11 is 0. The molecular weight excluding hydrogens is 422 g/mol. The van der Waals surface area contributed by atoms with E-state index in [1.807, 2.05) is 42.6 Å². The number of hydrogen-bond donors (Lipinski definition) is 2. The molecule has 0 saturated heterocycles. The number of benzene rings is 2. The summed E-state index contributed by atoms with van der Waals surface area (Å²) in [5, 5.41) is 6.31. The van der Waals surface area contributed by atoms with Crippen LogP contribution in [0.15, 0.2) is 53.8 Å². The maximum atomic E-state index is 12.3. The zero-order valence-electron chi connectivity index (χ0n) is 18.9. The fourth-order valence-corrected chi connectivity index (χ4v) is 3.97. The SMILES string of the molecule is COc1ccc(NC2=NC(c3ccc4c(c3)NC(=O)C(C)(C)O4)Cn3ccnc32)cc1OC. The quantitative estimate of drug-likeness (QED) is 0.634. The van der Waals surface area contributed by atoms with Gasteiger partial charge in [-0.2, -0.15) is 0 Å². The lowest BCUT2D eigenvalue weighted by molar-refractivity contribution is -0.129. The summed E-state index contributed by atoms with van der Waals surface area (Å²) in [5.74, 6) is 3.13. The third kappa shape index (κ3) is 3.75. The Balaban J connectivity index is 1.47. The molecule has 1 aromatic heterocycles. The predicted octanol–water partition coefficient (Wildman–Crippen LogP) is 3.62. The first kappa shape index (κ1) is 20.9. The van der Waals surface area contributed by atoms with Crippen LogP contribution in [-0.2, 0) is 11.3 Å². The Bertz CT molecular complexity index is 1260. The number of aliphatic imine (C=N–C) groups is 1. The molecule has 5 rings (SSSR count). The highest BCUT2D eigenvalue weighted by Crippen LogP contribution is 2.37. The summed E-state index contributed by atoms with van der Waals surface area (Å²) in [5.41, 5.74) is 1.51. The molecule has 1 unspecified atom stereocenters. The normalized spacial score (nSPS) is 18.2. The van der Waals surface area contributed by atoms with Crippen LogP contribution >= 0.6 is 0 Å². The zero-order valence-corrected chi connectivity index (χ0v) is 18.9. The summed E-state index contributed by atoms with van der Waals surface area (Å²) in [4.78, 5) is 21.8. The third-order valence-corrected chi connectivity index (χ3v) is 5.78. The van der Waals surface area contributed by atoms with Gasteiger partial charge in [-0.15, -0.1) is 0 Å². The van der Waals surface area contributed by atoms with Gasteiger partial charge < -0.3 is 29.4 Å². The van der Waals surface area contributed by atoms with Crippen molar-refractivity contribution in [2.24, 2.45) is 4.99 Å². The highest BCUT2D eigenvalue weighted by Gasteiger charge is 2.36. The van der Waals surface area contributed by atoms with Crippen LogP contribution in [0.3, 0.4) is 0 Å². The largest absolute Gasteiger partial charge is 0.493 e. The van der Waals surface area contributed by atoms with E-state index in [9.17, 15) is 4.79 Å². The van der Waals surface area contributed by atoms with Gasteiger partial charge in [-0.25, -0.2) is 4.98 Å². The van der Waals surface area contributed by atoms with Gasteiger partial charge in [0.25, 0.3) is 5.91 Å². The number of carbonyl (C=O) groups excluding carboxylic acids is 1. The molecule has 2 aromatic carbocycles. The molecule has 1 atom stereocenters. The second kappa shape index (κ2) is 7.84. The number of fused-ring (bicyclic) bond motifs is 2. The topological polar surface area (TPSA) is 99.0 Å². The maximum Gasteiger partial charge on any atom is 0.268 e. The molecule has 0 spiro atoms. The molecule has 0 bridgehead atoms. The number of aromatic nitrogens is 2. The Morgan fingerprint density at radius 1 is 1.15 bits per heavy atom. The van der Waals surface area contributed by atoms with Crippen LogP contribution in [0.4, 0.5) is 11.4 Å². The molecule has 3 aromatic rings. The highest BCUT2D eigenvalue weighted by molar-refractivity contribution is 6.06. The molecule has 170 valence electrons. The number of ether oxygens (including phenoxy) is 3. The lowest BCUT2D eigenvalue weighted by Gasteiger charge is -2.32. The van der Waals surface area contributed by atoms with Crippen molar-refractivity contribution in [3.8, 4) is 17.2 Å². The Morgan fingerprint density at radius 3 is 2.76 bits per heavy atom. The second-order valence-electron chi connectivity index (χ2n) is 8.41. The molecule has 2 aliphatic rings. The summed E-state index contributed by atoms with van der Waals surface area (Å²) in [6, 6.07) is 11.2. The molecule has 3 heterocycles. The van der Waals surface area contributed by atoms with E-state index in [4.69, 9.17) is 19.2 Å². The molecule has 2 N–H and O–H groups in total. The van der Waals surface area contributed by atoms with Gasteiger partial charge >= 0.3 is 0 Å². The van der Waals surface area contributed by atoms with Gasteiger partial charge in [-0.05, 0) is 43.7 Å². The van der Waals surface area contributed by atoms with Gasteiger partial charge in [0.15, 0.2) is 28.8 Å². The van der Waals surface area contributed by atoms with E-state index in [0.29, 0.717) is 35.3 Å². The monoisotopic (exact) mass is 447 g/mol. The molecular formula is C24H25N5O4. The van der Waals surface area contributed by atoms with Crippen LogP contribution in [0, 0.1) is 0 Å². The Hall–Kier alpha value is -4.01. The molecule has 33 heavy (non-hydrogen) atoms. The van der Waals surface area contributed by atoms with Crippen molar-refractivity contribution in [2.45, 2.75) is 32.0 Å². The minimum atomic E-state index is -0.903. The van der Waals surface area contributed by atoms with E-state index in [2.05, 4.69) is 20.2 Å². The number of nitrogens with one attached hydrogen (secondary N) is 2. The van der Waals surface area contributed by atoms with Gasteiger partial charge in [0, 0.05) is 24.1 Å². The molecule has 9 nitrogen and oxygen atoms in total. The van der Waals surface area contributed by atoms with E-state index in [1.165, 1.54) is 0 Å². The fraction of sp³-hybridized carbons (Fsp3) is 0.292. The molecule has 2 aliphatic heterocycles. The number of amidine groups is 1. The summed E-state index contributed by atoms with van der Waals surface area (Å²) in [7, 11) is 3.20. The van der Waals surface area contributed by atoms with Gasteiger partial charge in [-0.1, -0.05) is 6.07 Å². The first-order chi connectivity index (χ1) is 15.9. The number of anilines is 2. The average molecular weight is 447 g/mol. The number of imidazole rings is 1.